The molecular weight excluding hydrogens is 244 g/mol. The molecule has 0 heterocycles. The number of ether oxygens (including phenoxy) is 1. The van der Waals surface area contributed by atoms with Crippen LogP contribution in [0.3, 0.4) is 0 Å². The third-order valence-electron chi connectivity index (χ3n) is 3.74. The van der Waals surface area contributed by atoms with Gasteiger partial charge in [0.1, 0.15) is 11.5 Å². The Morgan fingerprint density at radius 1 is 0.600 bits per heavy atom. The summed E-state index contributed by atoms with van der Waals surface area (Å²) in [6.07, 6.45) is 0.998. The van der Waals surface area contributed by atoms with Gasteiger partial charge in [-0.25, -0.2) is 0 Å². The molecule has 0 amide bonds. The highest BCUT2D eigenvalue weighted by atomic mass is 16.5. The van der Waals surface area contributed by atoms with E-state index in [-0.39, 0.29) is 0 Å². The predicted molar refractivity (Wildman–Crippen MR) is 81.2 cm³/mol. The second-order valence-corrected chi connectivity index (χ2v) is 5.07. The van der Waals surface area contributed by atoms with Crippen molar-refractivity contribution in [2.24, 2.45) is 0 Å². The van der Waals surface area contributed by atoms with Crippen LogP contribution >= 0.6 is 0 Å². The fourth-order valence-electron chi connectivity index (χ4n) is 2.81. The van der Waals surface area contributed by atoms with Gasteiger partial charge in [0, 0.05) is 0 Å². The molecule has 0 radical (unpaired) electrons. The first-order chi connectivity index (χ1) is 9.90. The van der Waals surface area contributed by atoms with Crippen LogP contribution in [0.1, 0.15) is 11.1 Å². The van der Waals surface area contributed by atoms with Gasteiger partial charge in [0.25, 0.3) is 0 Å². The number of para-hydroxylation sites is 1. The van der Waals surface area contributed by atoms with Gasteiger partial charge in [0.15, 0.2) is 0 Å². The molecule has 20 heavy (non-hydrogen) atoms. The minimum absolute atomic E-state index is 0.878. The molecule has 0 saturated heterocycles. The minimum atomic E-state index is 0.878. The first-order valence-electron chi connectivity index (χ1n) is 6.84. The first-order valence-corrected chi connectivity index (χ1v) is 6.84. The Kier molecular flexibility index (Phi) is 2.56. The fraction of sp³-hybridized carbons (Fsp3) is 0.0526. The van der Waals surface area contributed by atoms with Gasteiger partial charge in [0.05, 0.1) is 0 Å². The molecule has 96 valence electrons. The van der Waals surface area contributed by atoms with Crippen molar-refractivity contribution in [2.75, 3.05) is 0 Å². The summed E-state index contributed by atoms with van der Waals surface area (Å²) in [6, 6.07) is 24.9. The van der Waals surface area contributed by atoms with Crippen LogP contribution in [0, 0.1) is 0 Å². The van der Waals surface area contributed by atoms with Crippen LogP contribution in [0.15, 0.2) is 72.8 Å². The van der Waals surface area contributed by atoms with E-state index in [0.29, 0.717) is 0 Å². The molecule has 0 N–H and O–H groups in total. The summed E-state index contributed by atoms with van der Waals surface area (Å²) < 4.78 is 5.90. The maximum absolute atomic E-state index is 5.90. The van der Waals surface area contributed by atoms with Crippen LogP contribution in [0.4, 0.5) is 0 Å². The molecule has 1 heteroatoms. The quantitative estimate of drug-likeness (QED) is 0.489. The van der Waals surface area contributed by atoms with Crippen molar-refractivity contribution in [3.63, 3.8) is 0 Å². The molecule has 1 aliphatic carbocycles. The minimum Gasteiger partial charge on any atom is -0.457 e. The van der Waals surface area contributed by atoms with Crippen molar-refractivity contribution in [3.05, 3.63) is 83.9 Å². The van der Waals surface area contributed by atoms with E-state index < -0.39 is 0 Å². The maximum Gasteiger partial charge on any atom is 0.127 e. The van der Waals surface area contributed by atoms with E-state index in [4.69, 9.17) is 4.74 Å². The Morgan fingerprint density at radius 3 is 2.25 bits per heavy atom. The molecule has 4 rings (SSSR count). The average Bonchev–Trinajstić information content (AvgIpc) is 2.86. The number of benzene rings is 3. The average molecular weight is 258 g/mol. The zero-order valence-corrected chi connectivity index (χ0v) is 11.0. The summed E-state index contributed by atoms with van der Waals surface area (Å²) in [7, 11) is 0. The predicted octanol–water partition coefficient (Wildman–Crippen LogP) is 5.05. The molecule has 0 spiro atoms. The highest BCUT2D eigenvalue weighted by Gasteiger charge is 2.18. The molecule has 3 aromatic carbocycles. The standard InChI is InChI=1S/C19H14O/c1-2-7-16(8-3-1)20-17-10-11-19-15(13-17)12-14-6-4-5-9-18(14)19/h1-11,13H,12H2. The van der Waals surface area contributed by atoms with Gasteiger partial charge < -0.3 is 4.74 Å². The normalized spacial score (nSPS) is 11.8. The van der Waals surface area contributed by atoms with Crippen molar-refractivity contribution in [2.45, 2.75) is 6.42 Å². The SMILES string of the molecule is c1ccc(Oc2ccc3c(c2)Cc2ccccc2-3)cc1. The van der Waals surface area contributed by atoms with Crippen molar-refractivity contribution in [1.82, 2.24) is 0 Å². The lowest BCUT2D eigenvalue weighted by Crippen LogP contribution is -1.86. The highest BCUT2D eigenvalue weighted by molar-refractivity contribution is 5.77. The smallest absolute Gasteiger partial charge is 0.127 e. The van der Waals surface area contributed by atoms with E-state index in [2.05, 4.69) is 36.4 Å². The summed E-state index contributed by atoms with van der Waals surface area (Å²) >= 11 is 0. The van der Waals surface area contributed by atoms with Crippen LogP contribution < -0.4 is 4.74 Å². The molecule has 0 unspecified atom stereocenters. The van der Waals surface area contributed by atoms with Crippen LogP contribution in [0.5, 0.6) is 11.5 Å². The second kappa shape index (κ2) is 4.53. The Labute approximate surface area is 118 Å². The van der Waals surface area contributed by atoms with Gasteiger partial charge in [-0.3, -0.25) is 0 Å². The van der Waals surface area contributed by atoms with Gasteiger partial charge in [-0.1, -0.05) is 48.5 Å². The van der Waals surface area contributed by atoms with E-state index in [1.807, 2.05) is 36.4 Å². The van der Waals surface area contributed by atoms with E-state index in [0.717, 1.165) is 17.9 Å². The molecule has 0 bridgehead atoms. The van der Waals surface area contributed by atoms with Gasteiger partial charge >= 0.3 is 0 Å². The fourth-order valence-corrected chi connectivity index (χ4v) is 2.81. The monoisotopic (exact) mass is 258 g/mol. The Morgan fingerprint density at radius 2 is 1.35 bits per heavy atom. The van der Waals surface area contributed by atoms with Crippen molar-refractivity contribution < 1.29 is 4.74 Å². The zero-order chi connectivity index (χ0) is 13.4. The van der Waals surface area contributed by atoms with Crippen molar-refractivity contribution in [1.29, 1.82) is 0 Å². The Balaban J connectivity index is 1.69. The Hall–Kier alpha value is -2.54. The maximum atomic E-state index is 5.90. The molecule has 0 fully saturated rings. The lowest BCUT2D eigenvalue weighted by Gasteiger charge is -2.07. The first kappa shape index (κ1) is 11.3. The molecule has 0 saturated carbocycles. The van der Waals surface area contributed by atoms with Crippen molar-refractivity contribution >= 4 is 0 Å². The van der Waals surface area contributed by atoms with Gasteiger partial charge in [-0.2, -0.15) is 0 Å². The second-order valence-electron chi connectivity index (χ2n) is 5.07. The summed E-state index contributed by atoms with van der Waals surface area (Å²) in [6.45, 7) is 0. The Bertz CT molecular complexity index is 760. The summed E-state index contributed by atoms with van der Waals surface area (Å²) in [5.41, 5.74) is 5.44. The summed E-state index contributed by atoms with van der Waals surface area (Å²) in [5, 5.41) is 0. The van der Waals surface area contributed by atoms with Gasteiger partial charge in [-0.15, -0.1) is 0 Å². The van der Waals surface area contributed by atoms with E-state index >= 15 is 0 Å². The molecule has 0 aromatic heterocycles. The third-order valence-corrected chi connectivity index (χ3v) is 3.74. The molecule has 3 aromatic rings. The molecule has 0 atom stereocenters. The van der Waals surface area contributed by atoms with Crippen LogP contribution in [0.2, 0.25) is 0 Å². The van der Waals surface area contributed by atoms with Crippen LogP contribution in [-0.2, 0) is 6.42 Å². The van der Waals surface area contributed by atoms with Gasteiger partial charge in [-0.05, 0) is 52.9 Å². The molecule has 1 aliphatic rings. The van der Waals surface area contributed by atoms with Crippen molar-refractivity contribution in [3.8, 4) is 22.6 Å². The highest BCUT2D eigenvalue weighted by Crippen LogP contribution is 2.38. The lowest BCUT2D eigenvalue weighted by atomic mass is 10.1. The molecule has 0 aliphatic heterocycles. The summed E-state index contributed by atoms with van der Waals surface area (Å²) in [5.74, 6) is 1.78. The number of fused-ring (bicyclic) bond motifs is 3. The summed E-state index contributed by atoms with van der Waals surface area (Å²) in [4.78, 5) is 0. The van der Waals surface area contributed by atoms with E-state index in [1.54, 1.807) is 0 Å². The van der Waals surface area contributed by atoms with Crippen LogP contribution in [0.25, 0.3) is 11.1 Å². The topological polar surface area (TPSA) is 9.23 Å². The number of hydrogen-bond donors (Lipinski definition) is 0. The number of rotatable bonds is 2. The zero-order valence-electron chi connectivity index (χ0n) is 11.0. The number of hydrogen-bond acceptors (Lipinski definition) is 1. The van der Waals surface area contributed by atoms with E-state index in [1.165, 1.54) is 22.3 Å². The third kappa shape index (κ3) is 1.88. The van der Waals surface area contributed by atoms with Gasteiger partial charge in [0.2, 0.25) is 0 Å². The van der Waals surface area contributed by atoms with Crippen LogP contribution in [-0.4, -0.2) is 0 Å². The van der Waals surface area contributed by atoms with E-state index in [9.17, 15) is 0 Å². The molecular formula is C19H14O. The lowest BCUT2D eigenvalue weighted by molar-refractivity contribution is 0.482. The largest absolute Gasteiger partial charge is 0.457 e. The molecule has 1 nitrogen and oxygen atoms in total.